The molecule has 138 valence electrons. The number of rotatable bonds is 5. The molecule has 1 saturated heterocycles. The smallest absolute Gasteiger partial charge is 0.409 e. The van der Waals surface area contributed by atoms with Crippen LogP contribution in [0.4, 0.5) is 15.6 Å². The molecule has 2 N–H and O–H groups in total. The maximum absolute atomic E-state index is 12.5. The van der Waals surface area contributed by atoms with Gasteiger partial charge < -0.3 is 20.3 Å². The molecule has 3 rings (SSSR count). The molecule has 1 aliphatic rings. The number of hydrogen-bond acceptors (Lipinski definition) is 6. The molecular weight excluding hydrogens is 352 g/mol. The zero-order chi connectivity index (χ0) is 18.4. The van der Waals surface area contributed by atoms with E-state index in [-0.39, 0.29) is 18.0 Å². The van der Waals surface area contributed by atoms with E-state index in [0.717, 1.165) is 23.7 Å². The molecule has 2 aromatic rings. The van der Waals surface area contributed by atoms with Crippen LogP contribution in [0.3, 0.4) is 0 Å². The number of thiazole rings is 1. The van der Waals surface area contributed by atoms with E-state index in [2.05, 4.69) is 15.6 Å². The Morgan fingerprint density at radius 1 is 1.35 bits per heavy atom. The summed E-state index contributed by atoms with van der Waals surface area (Å²) in [6.07, 6.45) is 2.90. The number of carbonyl (C=O) groups excluding carboxylic acids is 2. The van der Waals surface area contributed by atoms with Crippen molar-refractivity contribution < 1.29 is 14.3 Å². The van der Waals surface area contributed by atoms with Gasteiger partial charge in [-0.1, -0.05) is 6.07 Å². The van der Waals surface area contributed by atoms with Crippen molar-refractivity contribution in [1.29, 1.82) is 0 Å². The second-order valence-corrected chi connectivity index (χ2v) is 6.87. The molecule has 0 unspecified atom stereocenters. The third kappa shape index (κ3) is 4.72. The lowest BCUT2D eigenvalue weighted by molar-refractivity contribution is 0.0860. The summed E-state index contributed by atoms with van der Waals surface area (Å²) in [7, 11) is 0. The Balaban J connectivity index is 1.53. The number of carbonyl (C=O) groups is 2. The van der Waals surface area contributed by atoms with Gasteiger partial charge in [-0.15, -0.1) is 11.3 Å². The molecule has 0 aliphatic carbocycles. The van der Waals surface area contributed by atoms with Gasteiger partial charge in [-0.2, -0.15) is 0 Å². The Kier molecular flexibility index (Phi) is 6.06. The van der Waals surface area contributed by atoms with Crippen molar-refractivity contribution in [3.05, 3.63) is 41.4 Å². The van der Waals surface area contributed by atoms with E-state index in [4.69, 9.17) is 4.74 Å². The lowest BCUT2D eigenvalue weighted by atomic mass is 10.0. The summed E-state index contributed by atoms with van der Waals surface area (Å²) < 4.78 is 5.01. The normalized spacial score (nSPS) is 14.7. The molecule has 1 aliphatic heterocycles. The van der Waals surface area contributed by atoms with E-state index in [9.17, 15) is 9.59 Å². The van der Waals surface area contributed by atoms with Crippen molar-refractivity contribution in [2.45, 2.75) is 25.8 Å². The Hall–Kier alpha value is -2.61. The number of amides is 2. The highest BCUT2D eigenvalue weighted by Crippen LogP contribution is 2.20. The van der Waals surface area contributed by atoms with Crippen molar-refractivity contribution >= 4 is 34.2 Å². The molecule has 26 heavy (non-hydrogen) atoms. The summed E-state index contributed by atoms with van der Waals surface area (Å²) in [6.45, 7) is 3.36. The number of anilines is 2. The van der Waals surface area contributed by atoms with E-state index in [1.807, 2.05) is 23.6 Å². The third-order valence-corrected chi connectivity index (χ3v) is 4.85. The molecule has 1 fully saturated rings. The number of ether oxygens (including phenoxy) is 1. The van der Waals surface area contributed by atoms with Crippen molar-refractivity contribution in [3.8, 4) is 0 Å². The van der Waals surface area contributed by atoms with Crippen LogP contribution in [0, 0.1) is 0 Å². The van der Waals surface area contributed by atoms with Crippen LogP contribution in [0.5, 0.6) is 0 Å². The fourth-order valence-electron chi connectivity index (χ4n) is 2.84. The van der Waals surface area contributed by atoms with Crippen LogP contribution in [0.2, 0.25) is 0 Å². The van der Waals surface area contributed by atoms with E-state index in [1.54, 1.807) is 24.1 Å². The van der Waals surface area contributed by atoms with Gasteiger partial charge in [-0.25, -0.2) is 9.78 Å². The van der Waals surface area contributed by atoms with Crippen LogP contribution in [0.25, 0.3) is 0 Å². The summed E-state index contributed by atoms with van der Waals surface area (Å²) in [4.78, 5) is 30.1. The first-order valence-corrected chi connectivity index (χ1v) is 9.53. The summed E-state index contributed by atoms with van der Waals surface area (Å²) in [5.74, 6) is -0.109. The Morgan fingerprint density at radius 3 is 2.85 bits per heavy atom. The van der Waals surface area contributed by atoms with Crippen molar-refractivity contribution in [1.82, 2.24) is 15.2 Å². The zero-order valence-electron chi connectivity index (χ0n) is 14.6. The van der Waals surface area contributed by atoms with E-state index in [1.165, 1.54) is 11.3 Å². The second-order valence-electron chi connectivity index (χ2n) is 5.98. The number of aromatic nitrogens is 1. The van der Waals surface area contributed by atoms with Crippen LogP contribution >= 0.6 is 11.3 Å². The van der Waals surface area contributed by atoms with Crippen LogP contribution in [-0.4, -0.2) is 47.6 Å². The number of hydrogen-bond donors (Lipinski definition) is 2. The molecule has 0 saturated carbocycles. The standard InChI is InChI=1S/C18H22N4O3S/c1-2-25-18(24)22-9-6-14(7-10-22)20-16(23)13-4-3-5-15(12-13)21-17-19-8-11-26-17/h3-5,8,11-12,14H,2,6-7,9-10H2,1H3,(H,19,21)(H,20,23). The van der Waals surface area contributed by atoms with Gasteiger partial charge in [-0.3, -0.25) is 4.79 Å². The van der Waals surface area contributed by atoms with Crippen molar-refractivity contribution in [2.75, 3.05) is 25.0 Å². The number of likely N-dealkylation sites (tertiary alicyclic amines) is 1. The number of piperidine rings is 1. The summed E-state index contributed by atoms with van der Waals surface area (Å²) in [5.41, 5.74) is 1.42. The predicted octanol–water partition coefficient (Wildman–Crippen LogP) is 3.24. The van der Waals surface area contributed by atoms with Gasteiger partial charge in [0.25, 0.3) is 5.91 Å². The topological polar surface area (TPSA) is 83.6 Å². The number of nitrogens with zero attached hydrogens (tertiary/aromatic N) is 2. The molecule has 2 amide bonds. The maximum atomic E-state index is 12.5. The van der Waals surface area contributed by atoms with Gasteiger partial charge in [0.1, 0.15) is 0 Å². The molecule has 0 spiro atoms. The second kappa shape index (κ2) is 8.66. The molecule has 0 bridgehead atoms. The van der Waals surface area contributed by atoms with Gasteiger partial charge in [-0.05, 0) is 38.0 Å². The maximum Gasteiger partial charge on any atom is 0.409 e. The third-order valence-electron chi connectivity index (χ3n) is 4.16. The van der Waals surface area contributed by atoms with Gasteiger partial charge >= 0.3 is 6.09 Å². The lowest BCUT2D eigenvalue weighted by Gasteiger charge is -2.31. The average molecular weight is 374 g/mol. The quantitative estimate of drug-likeness (QED) is 0.839. The fourth-order valence-corrected chi connectivity index (χ4v) is 3.39. The highest BCUT2D eigenvalue weighted by atomic mass is 32.1. The summed E-state index contributed by atoms with van der Waals surface area (Å²) in [6, 6.07) is 7.40. The minimum Gasteiger partial charge on any atom is -0.450 e. The van der Waals surface area contributed by atoms with Crippen LogP contribution in [0.15, 0.2) is 35.8 Å². The minimum atomic E-state index is -0.279. The molecule has 0 radical (unpaired) electrons. The minimum absolute atomic E-state index is 0.0590. The Morgan fingerprint density at radius 2 is 2.15 bits per heavy atom. The SMILES string of the molecule is CCOC(=O)N1CCC(NC(=O)c2cccc(Nc3nccs3)c2)CC1. The van der Waals surface area contributed by atoms with Crippen LogP contribution < -0.4 is 10.6 Å². The molecule has 8 heteroatoms. The highest BCUT2D eigenvalue weighted by molar-refractivity contribution is 7.13. The first kappa shape index (κ1) is 18.2. The molecule has 0 atom stereocenters. The zero-order valence-corrected chi connectivity index (χ0v) is 15.4. The summed E-state index contributed by atoms with van der Waals surface area (Å²) >= 11 is 1.50. The highest BCUT2D eigenvalue weighted by Gasteiger charge is 2.24. The molecular formula is C18H22N4O3S. The first-order valence-electron chi connectivity index (χ1n) is 8.65. The van der Waals surface area contributed by atoms with Gasteiger partial charge in [0.05, 0.1) is 6.61 Å². The molecule has 1 aromatic heterocycles. The van der Waals surface area contributed by atoms with Gasteiger partial charge in [0.15, 0.2) is 5.13 Å². The van der Waals surface area contributed by atoms with Gasteiger partial charge in [0.2, 0.25) is 0 Å². The van der Waals surface area contributed by atoms with Gasteiger partial charge in [0, 0.05) is 42.0 Å². The van der Waals surface area contributed by atoms with Crippen LogP contribution in [0.1, 0.15) is 30.1 Å². The Labute approximate surface area is 156 Å². The summed E-state index contributed by atoms with van der Waals surface area (Å²) in [5, 5.41) is 8.91. The molecule has 7 nitrogen and oxygen atoms in total. The van der Waals surface area contributed by atoms with Crippen LogP contribution in [-0.2, 0) is 4.74 Å². The number of nitrogens with one attached hydrogen (secondary N) is 2. The average Bonchev–Trinajstić information content (AvgIpc) is 3.16. The Bertz CT molecular complexity index is 743. The van der Waals surface area contributed by atoms with E-state index in [0.29, 0.717) is 25.3 Å². The van der Waals surface area contributed by atoms with Crippen molar-refractivity contribution in [2.24, 2.45) is 0 Å². The first-order chi connectivity index (χ1) is 12.7. The monoisotopic (exact) mass is 374 g/mol. The van der Waals surface area contributed by atoms with E-state index >= 15 is 0 Å². The molecule has 1 aromatic carbocycles. The largest absolute Gasteiger partial charge is 0.450 e. The predicted molar refractivity (Wildman–Crippen MR) is 101 cm³/mol. The van der Waals surface area contributed by atoms with E-state index < -0.39 is 0 Å². The fraction of sp³-hybridized carbons (Fsp3) is 0.389. The lowest BCUT2D eigenvalue weighted by Crippen LogP contribution is -2.46. The molecule has 2 heterocycles. The number of benzene rings is 1. The van der Waals surface area contributed by atoms with Crippen molar-refractivity contribution in [3.63, 3.8) is 0 Å².